The lowest BCUT2D eigenvalue weighted by Gasteiger charge is -2.27. The van der Waals surface area contributed by atoms with Gasteiger partial charge in [-0.15, -0.1) is 0 Å². The van der Waals surface area contributed by atoms with Gasteiger partial charge in [-0.05, 0) is 54.6 Å². The molecule has 0 saturated heterocycles. The van der Waals surface area contributed by atoms with Crippen molar-refractivity contribution in [2.75, 3.05) is 6.54 Å². The third-order valence-corrected chi connectivity index (χ3v) is 10.3. The minimum atomic E-state index is -1.23. The molecule has 0 spiro atoms. The van der Waals surface area contributed by atoms with E-state index < -0.39 is 59.7 Å². The lowest BCUT2D eigenvalue weighted by Crippen LogP contribution is -2.60. The molecule has 5 amide bonds. The van der Waals surface area contributed by atoms with Crippen molar-refractivity contribution in [1.29, 1.82) is 0 Å². The van der Waals surface area contributed by atoms with Gasteiger partial charge in [-0.2, -0.15) is 0 Å². The maximum atomic E-state index is 14.6. The minimum Gasteiger partial charge on any atom is -0.368 e. The van der Waals surface area contributed by atoms with Crippen molar-refractivity contribution in [3.8, 4) is 0 Å². The number of hydrogen-bond acceptors (Lipinski definition) is 8. The molecule has 0 saturated carbocycles. The first kappa shape index (κ1) is 41.8. The Kier molecular flexibility index (Phi) is 14.2. The van der Waals surface area contributed by atoms with Crippen LogP contribution >= 0.6 is 0 Å². The highest BCUT2D eigenvalue weighted by Crippen LogP contribution is 2.21. The molecule has 6 rings (SSSR count). The molecule has 5 atom stereocenters. The summed E-state index contributed by atoms with van der Waals surface area (Å²) < 4.78 is 0. The molecule has 0 bridgehead atoms. The van der Waals surface area contributed by atoms with Gasteiger partial charge in [-0.1, -0.05) is 66.7 Å². The second-order valence-corrected chi connectivity index (χ2v) is 14.6. The molecule has 16 heteroatoms. The summed E-state index contributed by atoms with van der Waals surface area (Å²) in [6, 6.07) is 18.7. The third-order valence-electron chi connectivity index (χ3n) is 10.3. The lowest BCUT2D eigenvalue weighted by atomic mass is 10.00. The number of hydrogen-bond donors (Lipinski definition) is 10. The first-order valence-electron chi connectivity index (χ1n) is 19.7. The van der Waals surface area contributed by atoms with E-state index in [1.54, 1.807) is 18.6 Å². The Morgan fingerprint density at radius 1 is 0.593 bits per heavy atom. The van der Waals surface area contributed by atoms with E-state index in [1.807, 2.05) is 78.9 Å². The lowest BCUT2D eigenvalue weighted by molar-refractivity contribution is -0.134. The molecular weight excluding hydrogens is 751 g/mol. The zero-order valence-electron chi connectivity index (χ0n) is 32.6. The molecule has 6 aromatic rings. The van der Waals surface area contributed by atoms with E-state index in [0.29, 0.717) is 25.1 Å². The van der Waals surface area contributed by atoms with Gasteiger partial charge < -0.3 is 53.4 Å². The smallest absolute Gasteiger partial charge is 0.243 e. The summed E-state index contributed by atoms with van der Waals surface area (Å²) in [5.74, 6) is -3.21. The van der Waals surface area contributed by atoms with Crippen LogP contribution in [0.1, 0.15) is 41.6 Å². The minimum absolute atomic E-state index is 0.0252. The first-order valence-corrected chi connectivity index (χ1v) is 19.7. The Labute approximate surface area is 340 Å². The predicted octanol–water partition coefficient (Wildman–Crippen LogP) is 1.52. The SMILES string of the molecule is NCCCC[C@H](NC(=O)[C@H](Cc1ccccc1)NC(=O)[C@@H](Cc1c[nH]c2ccccc12)NC(=O)[C@@H](Cc1c[nH]c2ccccc12)NC(=O)[C@@H](N)Cc1cnc[nH]1)C(N)=O. The normalized spacial score (nSPS) is 13.9. The number of rotatable bonds is 21. The Morgan fingerprint density at radius 3 is 1.63 bits per heavy atom. The molecule has 13 N–H and O–H groups in total. The summed E-state index contributed by atoms with van der Waals surface area (Å²) in [4.78, 5) is 82.3. The average molecular weight is 802 g/mol. The third kappa shape index (κ3) is 11.2. The molecule has 3 aromatic heterocycles. The number of nitrogens with one attached hydrogen (secondary N) is 7. The van der Waals surface area contributed by atoms with Crippen LogP contribution in [0.5, 0.6) is 0 Å². The van der Waals surface area contributed by atoms with Gasteiger partial charge in [0.1, 0.15) is 24.2 Å². The van der Waals surface area contributed by atoms with Gasteiger partial charge >= 0.3 is 0 Å². The number of amides is 5. The van der Waals surface area contributed by atoms with Crippen LogP contribution in [0.3, 0.4) is 0 Å². The number of carbonyl (C=O) groups excluding carboxylic acids is 5. The Bertz CT molecular complexity index is 2340. The number of unbranched alkanes of at least 4 members (excludes halogenated alkanes) is 1. The zero-order valence-corrected chi connectivity index (χ0v) is 32.6. The van der Waals surface area contributed by atoms with E-state index in [1.165, 1.54) is 6.33 Å². The first-order chi connectivity index (χ1) is 28.6. The van der Waals surface area contributed by atoms with Crippen LogP contribution in [-0.2, 0) is 49.7 Å². The molecule has 0 aliphatic carbocycles. The van der Waals surface area contributed by atoms with Crippen molar-refractivity contribution in [2.24, 2.45) is 17.2 Å². The fourth-order valence-electron chi connectivity index (χ4n) is 7.12. The van der Waals surface area contributed by atoms with Crippen molar-refractivity contribution in [1.82, 2.24) is 41.2 Å². The topological polar surface area (TPSA) is 272 Å². The van der Waals surface area contributed by atoms with E-state index in [0.717, 1.165) is 38.5 Å². The monoisotopic (exact) mass is 801 g/mol. The van der Waals surface area contributed by atoms with Crippen LogP contribution in [-0.4, -0.2) is 86.2 Å². The highest BCUT2D eigenvalue weighted by Gasteiger charge is 2.33. The van der Waals surface area contributed by atoms with Gasteiger partial charge in [-0.3, -0.25) is 24.0 Å². The highest BCUT2D eigenvalue weighted by molar-refractivity contribution is 5.97. The fraction of sp³-hybridized carbons (Fsp3) is 0.302. The predicted molar refractivity (Wildman–Crippen MR) is 224 cm³/mol. The van der Waals surface area contributed by atoms with E-state index in [4.69, 9.17) is 17.2 Å². The number of aromatic amines is 3. The van der Waals surface area contributed by atoms with Gasteiger partial charge in [0.25, 0.3) is 0 Å². The van der Waals surface area contributed by atoms with Crippen molar-refractivity contribution in [3.05, 3.63) is 126 Å². The zero-order chi connectivity index (χ0) is 41.7. The second-order valence-electron chi connectivity index (χ2n) is 14.6. The van der Waals surface area contributed by atoms with Gasteiger partial charge in [0.2, 0.25) is 29.5 Å². The summed E-state index contributed by atoms with van der Waals surface area (Å²) in [7, 11) is 0. The number of carbonyl (C=O) groups is 5. The van der Waals surface area contributed by atoms with Crippen molar-refractivity contribution in [3.63, 3.8) is 0 Å². The van der Waals surface area contributed by atoms with Crippen LogP contribution in [0.15, 0.2) is 104 Å². The van der Waals surface area contributed by atoms with Gasteiger partial charge in [-0.25, -0.2) is 4.98 Å². The summed E-state index contributed by atoms with van der Waals surface area (Å²) in [5.41, 5.74) is 22.2. The maximum absolute atomic E-state index is 14.6. The number of fused-ring (bicyclic) bond motifs is 2. The average Bonchev–Trinajstić information content (AvgIpc) is 4.01. The number of H-pyrrole nitrogens is 3. The van der Waals surface area contributed by atoms with Crippen LogP contribution in [0, 0.1) is 0 Å². The van der Waals surface area contributed by atoms with Crippen LogP contribution in [0.2, 0.25) is 0 Å². The number of benzene rings is 3. The number of para-hydroxylation sites is 2. The standard InChI is InChI=1S/C43H51N11O5/c44-17-9-8-16-35(39(46)55)51-41(57)36(18-26-10-2-1-3-11-26)53-43(59)38(20-28-23-49-34-15-7-5-13-31(28)34)54-42(58)37(19-27-22-48-33-14-6-4-12-30(27)33)52-40(56)32(45)21-29-24-47-25-50-29/h1-7,10-15,22-25,32,35-38,48-49H,8-9,16-21,44-45H2,(H2,46,55)(H,47,50)(H,51,57)(H,52,56)(H,53,59)(H,54,58)/t32-,35-,36-,37+,38+/m0/s1. The molecule has 0 fully saturated rings. The molecule has 16 nitrogen and oxygen atoms in total. The molecule has 308 valence electrons. The molecule has 3 aromatic carbocycles. The van der Waals surface area contributed by atoms with Crippen molar-refractivity contribution < 1.29 is 24.0 Å². The molecule has 3 heterocycles. The Morgan fingerprint density at radius 2 is 1.10 bits per heavy atom. The quantitative estimate of drug-likeness (QED) is 0.0476. The summed E-state index contributed by atoms with van der Waals surface area (Å²) >= 11 is 0. The van der Waals surface area contributed by atoms with Crippen molar-refractivity contribution in [2.45, 2.75) is 75.2 Å². The van der Waals surface area contributed by atoms with Crippen LogP contribution < -0.4 is 38.5 Å². The van der Waals surface area contributed by atoms with Crippen LogP contribution in [0.4, 0.5) is 0 Å². The van der Waals surface area contributed by atoms with E-state index in [2.05, 4.69) is 41.2 Å². The Hall–Kier alpha value is -6.78. The van der Waals surface area contributed by atoms with Crippen LogP contribution in [0.25, 0.3) is 21.8 Å². The van der Waals surface area contributed by atoms with Gasteiger partial charge in [0.05, 0.1) is 12.4 Å². The van der Waals surface area contributed by atoms with Crippen molar-refractivity contribution >= 4 is 51.3 Å². The number of aromatic nitrogens is 4. The summed E-state index contributed by atoms with van der Waals surface area (Å²) in [6.07, 6.45) is 8.39. The molecule has 0 radical (unpaired) electrons. The molecule has 0 unspecified atom stereocenters. The summed E-state index contributed by atoms with van der Waals surface area (Å²) in [6.45, 7) is 0.417. The molecule has 0 aliphatic rings. The summed E-state index contributed by atoms with van der Waals surface area (Å²) in [5, 5.41) is 13.0. The number of nitrogens with zero attached hydrogens (tertiary/aromatic N) is 1. The van der Waals surface area contributed by atoms with E-state index >= 15 is 0 Å². The van der Waals surface area contributed by atoms with E-state index in [9.17, 15) is 24.0 Å². The molecule has 59 heavy (non-hydrogen) atoms. The largest absolute Gasteiger partial charge is 0.368 e. The van der Waals surface area contributed by atoms with Gasteiger partial charge in [0.15, 0.2) is 0 Å². The number of nitrogens with two attached hydrogens (primary N) is 3. The molecular formula is C43H51N11O5. The fourth-order valence-corrected chi connectivity index (χ4v) is 7.12. The number of primary amides is 1. The molecule has 0 aliphatic heterocycles. The maximum Gasteiger partial charge on any atom is 0.243 e. The van der Waals surface area contributed by atoms with E-state index in [-0.39, 0.29) is 32.1 Å². The Balaban J connectivity index is 1.29. The number of imidazole rings is 1. The second kappa shape index (κ2) is 20.1. The highest BCUT2D eigenvalue weighted by atomic mass is 16.2. The van der Waals surface area contributed by atoms with Gasteiger partial charge in [0, 0.05) is 71.8 Å².